The number of hydrogen-bond acceptors (Lipinski definition) is 12. The fourth-order valence-electron chi connectivity index (χ4n) is 15.7. The molecule has 0 radical (unpaired) electrons. The summed E-state index contributed by atoms with van der Waals surface area (Å²) in [6.45, 7) is 13.3. The van der Waals surface area contributed by atoms with Gasteiger partial charge >= 0.3 is 0 Å². The van der Waals surface area contributed by atoms with Gasteiger partial charge in [-0.2, -0.15) is 0 Å². The van der Waals surface area contributed by atoms with E-state index in [1.54, 1.807) is 72.8 Å². The molecule has 0 aliphatic carbocycles. The van der Waals surface area contributed by atoms with Gasteiger partial charge in [0, 0.05) is 118 Å². The van der Waals surface area contributed by atoms with E-state index >= 15 is 14.4 Å². The van der Waals surface area contributed by atoms with E-state index in [-0.39, 0.29) is 137 Å². The van der Waals surface area contributed by atoms with E-state index in [4.69, 9.17) is 15.0 Å². The van der Waals surface area contributed by atoms with Gasteiger partial charge in [0.2, 0.25) is 0 Å². The first-order chi connectivity index (χ1) is 43.7. The summed E-state index contributed by atoms with van der Waals surface area (Å²) in [6.07, 6.45) is 10.8. The molecule has 13 aromatic rings. The van der Waals surface area contributed by atoms with E-state index < -0.39 is 52.1 Å². The summed E-state index contributed by atoms with van der Waals surface area (Å²) < 4.78 is 4.28. The molecular weight excluding hydrogens is 1130 g/mol. The fourth-order valence-corrected chi connectivity index (χ4v) is 15.7. The number of aromatic nitrogens is 6. The Morgan fingerprint density at radius 1 is 0.311 bits per heavy atom. The Kier molecular flexibility index (Phi) is 12.4. The highest BCUT2D eigenvalue weighted by Crippen LogP contribution is 2.45. The molecule has 0 bridgehead atoms. The monoisotopic (exact) mass is 1200 g/mol. The minimum absolute atomic E-state index is 0.105. The van der Waals surface area contributed by atoms with Gasteiger partial charge in [0.1, 0.15) is 50.0 Å². The van der Waals surface area contributed by atoms with Crippen LogP contribution in [0, 0.1) is 17.8 Å². The number of imide groups is 3. The first-order valence-corrected chi connectivity index (χ1v) is 32.1. The molecule has 6 aromatic heterocycles. The van der Waals surface area contributed by atoms with Gasteiger partial charge in [0.15, 0.2) is 0 Å². The average Bonchev–Trinajstić information content (AvgIpc) is 1.46. The van der Waals surface area contributed by atoms with Crippen LogP contribution in [-0.4, -0.2) is 97.9 Å². The molecular formula is C72H63N9O9. The van der Waals surface area contributed by atoms with Crippen molar-refractivity contribution in [2.75, 3.05) is 19.6 Å². The predicted octanol–water partition coefficient (Wildman–Crippen LogP) is 12.8. The van der Waals surface area contributed by atoms with Gasteiger partial charge < -0.3 is 0 Å². The first-order valence-electron chi connectivity index (χ1n) is 32.1. The summed E-state index contributed by atoms with van der Waals surface area (Å²) in [6, 6.07) is 19.9. The van der Waals surface area contributed by atoms with Crippen LogP contribution in [0.25, 0.3) is 115 Å². The van der Waals surface area contributed by atoms with Gasteiger partial charge in [0.25, 0.3) is 52.1 Å². The number of carbonyl (C=O) groups is 6. The molecule has 3 atom stereocenters. The number of benzene rings is 7. The van der Waals surface area contributed by atoms with Crippen LogP contribution >= 0.6 is 0 Å². The molecule has 3 unspecified atom stereocenters. The van der Waals surface area contributed by atoms with Gasteiger partial charge in [-0.1, -0.05) is 99.3 Å². The van der Waals surface area contributed by atoms with Crippen LogP contribution in [0.2, 0.25) is 0 Å². The number of amides is 6. The van der Waals surface area contributed by atoms with Crippen molar-refractivity contribution < 1.29 is 28.8 Å². The van der Waals surface area contributed by atoms with Gasteiger partial charge in [-0.15, -0.1) is 0 Å². The molecule has 3 aliphatic heterocycles. The highest BCUT2D eigenvalue weighted by Gasteiger charge is 2.41. The topological polar surface area (TPSA) is 215 Å². The minimum Gasteiger partial charge on any atom is -0.274 e. The fraction of sp³-hybridized carbons (Fsp3) is 0.333. The van der Waals surface area contributed by atoms with Crippen LogP contribution in [0.15, 0.2) is 87.2 Å². The van der Waals surface area contributed by atoms with E-state index in [9.17, 15) is 28.8 Å². The van der Waals surface area contributed by atoms with Crippen molar-refractivity contribution in [1.29, 1.82) is 0 Å². The molecule has 0 spiro atoms. The minimum atomic E-state index is -0.564. The van der Waals surface area contributed by atoms with Gasteiger partial charge in [0.05, 0.1) is 0 Å². The lowest BCUT2D eigenvalue weighted by atomic mass is 9.89. The van der Waals surface area contributed by atoms with Crippen molar-refractivity contribution in [2.24, 2.45) is 17.8 Å². The lowest BCUT2D eigenvalue weighted by Crippen LogP contribution is -2.43. The number of carbonyl (C=O) groups excluding carboxylic acids is 6. The Balaban J connectivity index is 0.998. The van der Waals surface area contributed by atoms with Crippen molar-refractivity contribution >= 4 is 150 Å². The highest BCUT2D eigenvalue weighted by molar-refractivity contribution is 6.36. The number of imidazole rings is 3. The Bertz CT molecular complexity index is 5000. The zero-order valence-electron chi connectivity index (χ0n) is 51.0. The molecule has 0 N–H and O–H groups in total. The zero-order valence-corrected chi connectivity index (χ0v) is 51.0. The normalized spacial score (nSPS) is 15.7. The predicted molar refractivity (Wildman–Crippen MR) is 349 cm³/mol. The number of rotatable bonds is 18. The quantitative estimate of drug-likeness (QED) is 0.0733. The SMILES string of the molecule is CCCCC(CC)CN1C(=O)c2ccc3c(=O)n4c(nc5c4c4nc6c7ccc8c9c(ccc(c(=O)n6c4c4nc6c%10ccc%11c%12c(ccc(c(=O)n6c54)c%12%10)C(=O)N(CC(CC)CCCC)C%11=O)c97)C(=O)N(CC(CC)CCCC)C8=O)c4ccc(c2c34)C1=O. The van der Waals surface area contributed by atoms with E-state index in [2.05, 4.69) is 41.5 Å². The van der Waals surface area contributed by atoms with E-state index in [1.165, 1.54) is 27.9 Å². The van der Waals surface area contributed by atoms with Crippen molar-refractivity contribution in [3.05, 3.63) is 137 Å². The molecule has 3 aliphatic rings. The summed E-state index contributed by atoms with van der Waals surface area (Å²) in [5, 5.41) is 4.04. The molecule has 6 amide bonds. The molecule has 90 heavy (non-hydrogen) atoms. The van der Waals surface area contributed by atoms with Gasteiger partial charge in [-0.05, 0) is 110 Å². The molecule has 0 saturated carbocycles. The van der Waals surface area contributed by atoms with Crippen molar-refractivity contribution in [3.63, 3.8) is 0 Å². The molecule has 0 fully saturated rings. The number of hydrogen-bond donors (Lipinski definition) is 0. The third-order valence-electron chi connectivity index (χ3n) is 20.6. The maximum Gasteiger partial charge on any atom is 0.264 e. The van der Waals surface area contributed by atoms with Gasteiger partial charge in [-0.25, -0.2) is 15.0 Å². The number of pyridine rings is 3. The Hall–Kier alpha value is -9.84. The lowest BCUT2D eigenvalue weighted by molar-refractivity contribution is 0.0565. The van der Waals surface area contributed by atoms with Crippen LogP contribution in [0.1, 0.15) is 181 Å². The zero-order chi connectivity index (χ0) is 62.2. The number of nitrogens with zero attached hydrogens (tertiary/aromatic N) is 9. The maximum absolute atomic E-state index is 15.9. The summed E-state index contributed by atoms with van der Waals surface area (Å²) in [5.74, 6) is -2.36. The second kappa shape index (κ2) is 20.1. The summed E-state index contributed by atoms with van der Waals surface area (Å²) in [5.41, 5.74) is 1.23. The van der Waals surface area contributed by atoms with Crippen LogP contribution in [0.4, 0.5) is 0 Å². The largest absolute Gasteiger partial charge is 0.274 e. The summed E-state index contributed by atoms with van der Waals surface area (Å²) in [7, 11) is 0. The summed E-state index contributed by atoms with van der Waals surface area (Å²) >= 11 is 0. The molecule has 450 valence electrons. The van der Waals surface area contributed by atoms with E-state index in [0.717, 1.165) is 77.0 Å². The standard InChI is InChI=1S/C72H63N9O9/c1-7-13-16-34(10-4)31-76-64(82)40-22-19-37-49-46(28-25-43(52(40)49)67(76)85)70(88)79-58-55(73-61(37)79)59-57(75-63-39-21-24-42-54-44(26-29-47(51(39)54)71(89)80(59)63)68(86)78(66(42)84)33-36(12-6)18-15-9-3)60-56(58)74-62-38-20-23-41-53-45(27-30-48(50(38)53)72(90)81(60)62)69(87)77(65(41)83)32-35(11-5)17-14-8-2/h19-30,34-36H,7-18,31-33H2,1-6H3. The number of fused-ring (bicyclic) bond motifs is 15. The third kappa shape index (κ3) is 7.20. The van der Waals surface area contributed by atoms with E-state index in [0.29, 0.717) is 48.5 Å². The van der Waals surface area contributed by atoms with Crippen molar-refractivity contribution in [3.8, 4) is 0 Å². The smallest absolute Gasteiger partial charge is 0.264 e. The molecule has 0 saturated heterocycles. The van der Waals surface area contributed by atoms with E-state index in [1.807, 2.05) is 0 Å². The van der Waals surface area contributed by atoms with Crippen molar-refractivity contribution in [2.45, 2.75) is 119 Å². The van der Waals surface area contributed by atoms with Crippen LogP contribution in [0.5, 0.6) is 0 Å². The average molecular weight is 1200 g/mol. The second-order valence-electron chi connectivity index (χ2n) is 25.4. The van der Waals surface area contributed by atoms with Crippen molar-refractivity contribution in [1.82, 2.24) is 42.9 Å². The molecule has 16 rings (SSSR count). The molecule has 18 heteroatoms. The molecule has 7 aromatic carbocycles. The maximum atomic E-state index is 15.9. The van der Waals surface area contributed by atoms with Crippen LogP contribution < -0.4 is 16.7 Å². The second-order valence-corrected chi connectivity index (χ2v) is 25.4. The Labute approximate surface area is 512 Å². The van der Waals surface area contributed by atoms with Gasteiger partial charge in [-0.3, -0.25) is 71.1 Å². The molecule has 18 nitrogen and oxygen atoms in total. The van der Waals surface area contributed by atoms with Crippen LogP contribution in [-0.2, 0) is 0 Å². The first kappa shape index (κ1) is 55.5. The highest BCUT2D eigenvalue weighted by atomic mass is 16.2. The molecule has 9 heterocycles. The lowest BCUT2D eigenvalue weighted by Gasteiger charge is -2.30. The Morgan fingerprint density at radius 2 is 0.544 bits per heavy atom. The summed E-state index contributed by atoms with van der Waals surface area (Å²) in [4.78, 5) is 155. The third-order valence-corrected chi connectivity index (χ3v) is 20.6. The van der Waals surface area contributed by atoms with Crippen LogP contribution in [0.3, 0.4) is 0 Å². The Morgan fingerprint density at radius 3 is 0.767 bits per heavy atom. The number of unbranched alkanes of at least 4 members (excludes halogenated alkanes) is 3.